The van der Waals surface area contributed by atoms with Crippen LogP contribution in [0.25, 0.3) is 0 Å². The normalized spacial score (nSPS) is 17.2. The Bertz CT molecular complexity index is 645. The zero-order valence-corrected chi connectivity index (χ0v) is 11.3. The van der Waals surface area contributed by atoms with Gasteiger partial charge in [-0.25, -0.2) is 0 Å². The Morgan fingerprint density at radius 2 is 2.16 bits per heavy atom. The van der Waals surface area contributed by atoms with Crippen molar-refractivity contribution in [1.29, 1.82) is 0 Å². The van der Waals surface area contributed by atoms with Gasteiger partial charge < -0.3 is 10.6 Å². The predicted molar refractivity (Wildman–Crippen MR) is 74.5 cm³/mol. The summed E-state index contributed by atoms with van der Waals surface area (Å²) < 4.78 is 0. The van der Waals surface area contributed by atoms with Crippen molar-refractivity contribution in [2.75, 3.05) is 10.6 Å². The number of hydrogen-bond acceptors (Lipinski definition) is 3. The van der Waals surface area contributed by atoms with E-state index in [4.69, 9.17) is 11.6 Å². The topological polar surface area (TPSA) is 69.8 Å². The molecule has 19 heavy (non-hydrogen) atoms. The number of nitrogens with zero attached hydrogens (tertiary/aromatic N) is 1. The molecule has 0 aliphatic carbocycles. The number of aromatic amines is 1. The van der Waals surface area contributed by atoms with Crippen LogP contribution >= 0.6 is 11.6 Å². The van der Waals surface area contributed by atoms with E-state index in [0.717, 1.165) is 28.3 Å². The van der Waals surface area contributed by atoms with Gasteiger partial charge in [-0.15, -0.1) is 0 Å². The lowest BCUT2D eigenvalue weighted by molar-refractivity contribution is -0.116. The van der Waals surface area contributed by atoms with Crippen molar-refractivity contribution in [2.45, 2.75) is 19.9 Å². The number of halogens is 1. The van der Waals surface area contributed by atoms with E-state index in [0.29, 0.717) is 5.02 Å². The molecule has 0 spiro atoms. The number of aromatic nitrogens is 2. The molecule has 1 aromatic carbocycles. The number of fused-ring (bicyclic) bond motifs is 1. The van der Waals surface area contributed by atoms with Crippen LogP contribution in [-0.2, 0) is 4.79 Å². The van der Waals surface area contributed by atoms with Crippen LogP contribution in [0.3, 0.4) is 0 Å². The summed E-state index contributed by atoms with van der Waals surface area (Å²) in [6, 6.07) is 4.93. The third-order valence-corrected chi connectivity index (χ3v) is 3.50. The number of aryl methyl sites for hydroxylation is 2. The predicted octanol–water partition coefficient (Wildman–Crippen LogP) is 2.79. The Kier molecular flexibility index (Phi) is 2.71. The Labute approximate surface area is 115 Å². The van der Waals surface area contributed by atoms with E-state index in [1.807, 2.05) is 19.9 Å². The molecule has 0 bridgehead atoms. The fourth-order valence-corrected chi connectivity index (χ4v) is 2.46. The Morgan fingerprint density at radius 3 is 2.84 bits per heavy atom. The molecule has 2 heterocycles. The number of anilines is 2. The summed E-state index contributed by atoms with van der Waals surface area (Å²) >= 11 is 6.00. The lowest BCUT2D eigenvalue weighted by Crippen LogP contribution is -2.20. The van der Waals surface area contributed by atoms with Crippen molar-refractivity contribution in [3.63, 3.8) is 0 Å². The van der Waals surface area contributed by atoms with Crippen LogP contribution < -0.4 is 10.6 Å². The molecule has 98 valence electrons. The first kappa shape index (κ1) is 12.0. The minimum atomic E-state index is -0.441. The lowest BCUT2D eigenvalue weighted by atomic mass is 10.1. The van der Waals surface area contributed by atoms with E-state index in [9.17, 15) is 4.79 Å². The SMILES string of the molecule is Cc1n[nH]c(C)c1NC1C(=O)Nc2ccc(Cl)cc21. The molecule has 1 unspecified atom stereocenters. The highest BCUT2D eigenvalue weighted by molar-refractivity contribution is 6.31. The molecule has 1 amide bonds. The third kappa shape index (κ3) is 1.96. The quantitative estimate of drug-likeness (QED) is 0.790. The number of H-pyrrole nitrogens is 1. The molecule has 5 nitrogen and oxygen atoms in total. The number of hydrogen-bond donors (Lipinski definition) is 3. The fraction of sp³-hybridized carbons (Fsp3) is 0.231. The smallest absolute Gasteiger partial charge is 0.251 e. The van der Waals surface area contributed by atoms with Crippen LogP contribution in [0.15, 0.2) is 18.2 Å². The summed E-state index contributed by atoms with van der Waals surface area (Å²) in [6.45, 7) is 3.80. The number of benzene rings is 1. The summed E-state index contributed by atoms with van der Waals surface area (Å²) in [4.78, 5) is 12.0. The first-order chi connectivity index (χ1) is 9.06. The molecule has 3 N–H and O–H groups in total. The van der Waals surface area contributed by atoms with Gasteiger partial charge in [-0.05, 0) is 32.0 Å². The number of rotatable bonds is 2. The highest BCUT2D eigenvalue weighted by atomic mass is 35.5. The van der Waals surface area contributed by atoms with E-state index in [1.165, 1.54) is 0 Å². The average molecular weight is 277 g/mol. The second-order valence-electron chi connectivity index (χ2n) is 4.61. The molecule has 6 heteroatoms. The molecule has 0 saturated carbocycles. The van der Waals surface area contributed by atoms with Gasteiger partial charge in [0.05, 0.1) is 17.1 Å². The van der Waals surface area contributed by atoms with Gasteiger partial charge in [0, 0.05) is 16.3 Å². The molecule has 0 radical (unpaired) electrons. The van der Waals surface area contributed by atoms with Crippen LogP contribution in [0.5, 0.6) is 0 Å². The zero-order chi connectivity index (χ0) is 13.6. The molecular formula is C13H13ClN4O. The number of amides is 1. The van der Waals surface area contributed by atoms with Gasteiger partial charge in [-0.2, -0.15) is 5.10 Å². The van der Waals surface area contributed by atoms with Gasteiger partial charge >= 0.3 is 0 Å². The van der Waals surface area contributed by atoms with Crippen LogP contribution in [0, 0.1) is 13.8 Å². The molecule has 1 aliphatic heterocycles. The van der Waals surface area contributed by atoms with Gasteiger partial charge in [-0.3, -0.25) is 9.89 Å². The van der Waals surface area contributed by atoms with Crippen LogP contribution in [-0.4, -0.2) is 16.1 Å². The lowest BCUT2D eigenvalue weighted by Gasteiger charge is -2.13. The maximum atomic E-state index is 12.0. The Morgan fingerprint density at radius 1 is 1.37 bits per heavy atom. The van der Waals surface area contributed by atoms with Gasteiger partial charge in [0.2, 0.25) is 0 Å². The highest BCUT2D eigenvalue weighted by Gasteiger charge is 2.31. The molecule has 1 aromatic heterocycles. The molecule has 1 aliphatic rings. The molecule has 1 atom stereocenters. The van der Waals surface area contributed by atoms with E-state index in [2.05, 4.69) is 20.8 Å². The van der Waals surface area contributed by atoms with Gasteiger partial charge in [0.25, 0.3) is 5.91 Å². The second-order valence-corrected chi connectivity index (χ2v) is 5.04. The number of nitrogens with one attached hydrogen (secondary N) is 3. The highest BCUT2D eigenvalue weighted by Crippen LogP contribution is 2.35. The van der Waals surface area contributed by atoms with Crippen LogP contribution in [0.4, 0.5) is 11.4 Å². The molecule has 0 saturated heterocycles. The van der Waals surface area contributed by atoms with Crippen molar-refractivity contribution in [3.05, 3.63) is 40.2 Å². The van der Waals surface area contributed by atoms with E-state index in [1.54, 1.807) is 12.1 Å². The summed E-state index contributed by atoms with van der Waals surface area (Å²) in [7, 11) is 0. The molecule has 2 aromatic rings. The van der Waals surface area contributed by atoms with Crippen LogP contribution in [0.2, 0.25) is 5.02 Å². The minimum Gasteiger partial charge on any atom is -0.367 e. The van der Waals surface area contributed by atoms with Crippen molar-refractivity contribution in [1.82, 2.24) is 10.2 Å². The molecule has 0 fully saturated rings. The number of carbonyl (C=O) groups excluding carboxylic acids is 1. The van der Waals surface area contributed by atoms with E-state index in [-0.39, 0.29) is 5.91 Å². The van der Waals surface area contributed by atoms with Crippen LogP contribution in [0.1, 0.15) is 23.0 Å². The molecule has 3 rings (SSSR count). The van der Waals surface area contributed by atoms with Crippen molar-refractivity contribution >= 4 is 28.9 Å². The largest absolute Gasteiger partial charge is 0.367 e. The van der Waals surface area contributed by atoms with Crippen molar-refractivity contribution in [2.24, 2.45) is 0 Å². The fourth-order valence-electron chi connectivity index (χ4n) is 2.28. The second kappa shape index (κ2) is 4.28. The summed E-state index contributed by atoms with van der Waals surface area (Å²) in [6.07, 6.45) is 0. The third-order valence-electron chi connectivity index (χ3n) is 3.26. The van der Waals surface area contributed by atoms with Gasteiger partial charge in [-0.1, -0.05) is 11.6 Å². The first-order valence-corrected chi connectivity index (χ1v) is 6.32. The minimum absolute atomic E-state index is 0.0859. The first-order valence-electron chi connectivity index (χ1n) is 5.94. The van der Waals surface area contributed by atoms with Crippen molar-refractivity contribution in [3.8, 4) is 0 Å². The van der Waals surface area contributed by atoms with Gasteiger partial charge in [0.1, 0.15) is 6.04 Å². The maximum absolute atomic E-state index is 12.0. The zero-order valence-electron chi connectivity index (χ0n) is 10.5. The monoisotopic (exact) mass is 276 g/mol. The summed E-state index contributed by atoms with van der Waals surface area (Å²) in [5.41, 5.74) is 4.25. The van der Waals surface area contributed by atoms with Crippen molar-refractivity contribution < 1.29 is 4.79 Å². The average Bonchev–Trinajstić information content (AvgIpc) is 2.84. The maximum Gasteiger partial charge on any atom is 0.251 e. The molecular weight excluding hydrogens is 264 g/mol. The summed E-state index contributed by atoms with van der Waals surface area (Å²) in [5.74, 6) is -0.0859. The number of carbonyl (C=O) groups is 1. The van der Waals surface area contributed by atoms with E-state index >= 15 is 0 Å². The summed E-state index contributed by atoms with van der Waals surface area (Å²) in [5, 5.41) is 13.7. The van der Waals surface area contributed by atoms with Gasteiger partial charge in [0.15, 0.2) is 0 Å². The van der Waals surface area contributed by atoms with E-state index < -0.39 is 6.04 Å². The standard InChI is InChI=1S/C13H13ClN4O/c1-6-11(7(2)18-17-6)16-12-9-5-8(14)3-4-10(9)15-13(12)19/h3-5,12,16H,1-2H3,(H,15,19)(H,17,18). The Hall–Kier alpha value is -2.01. The Balaban J connectivity index is 1.99.